The lowest BCUT2D eigenvalue weighted by Crippen LogP contribution is -2.35. The van der Waals surface area contributed by atoms with Gasteiger partial charge in [0.2, 0.25) is 0 Å². The van der Waals surface area contributed by atoms with Gasteiger partial charge in [-0.15, -0.1) is 0 Å². The van der Waals surface area contributed by atoms with Crippen molar-refractivity contribution in [3.05, 3.63) is 23.3 Å². The molecule has 0 aromatic rings. The normalized spacial score (nSPS) is 22.9. The van der Waals surface area contributed by atoms with Gasteiger partial charge in [0.05, 0.1) is 11.7 Å². The average molecular weight is 268 g/mol. The maximum absolute atomic E-state index is 10.8. The van der Waals surface area contributed by atoms with E-state index in [1.165, 1.54) is 0 Å². The van der Waals surface area contributed by atoms with E-state index >= 15 is 0 Å². The fourth-order valence-electron chi connectivity index (χ4n) is 2.19. The molecule has 0 heterocycles. The highest BCUT2D eigenvalue weighted by molar-refractivity contribution is 5.86. The lowest BCUT2D eigenvalue weighted by atomic mass is 9.84. The third-order valence-corrected chi connectivity index (χ3v) is 3.81. The van der Waals surface area contributed by atoms with Crippen LogP contribution >= 0.6 is 0 Å². The minimum atomic E-state index is -1.10. The van der Waals surface area contributed by atoms with E-state index in [0.29, 0.717) is 24.3 Å². The van der Waals surface area contributed by atoms with Crippen molar-refractivity contribution in [2.24, 2.45) is 5.92 Å². The molecule has 1 aliphatic rings. The summed E-state index contributed by atoms with van der Waals surface area (Å²) in [5.74, 6) is -0.477. The number of hydrogen-bond donors (Lipinski definition) is 3. The summed E-state index contributed by atoms with van der Waals surface area (Å²) in [6.07, 6.45) is 5.55. The molecule has 0 spiro atoms. The summed E-state index contributed by atoms with van der Waals surface area (Å²) in [5, 5.41) is 28.3. The van der Waals surface area contributed by atoms with E-state index < -0.39 is 17.7 Å². The van der Waals surface area contributed by atoms with Gasteiger partial charge < -0.3 is 15.3 Å². The van der Waals surface area contributed by atoms with E-state index in [1.807, 2.05) is 13.0 Å². The first-order valence-corrected chi connectivity index (χ1v) is 6.71. The third-order valence-electron chi connectivity index (χ3n) is 3.81. The van der Waals surface area contributed by atoms with Gasteiger partial charge in [-0.2, -0.15) is 0 Å². The van der Waals surface area contributed by atoms with Gasteiger partial charge in [-0.1, -0.05) is 17.7 Å². The van der Waals surface area contributed by atoms with Crippen LogP contribution in [0.2, 0.25) is 0 Å². The lowest BCUT2D eigenvalue weighted by molar-refractivity contribution is -0.132. The molecule has 0 bridgehead atoms. The molecule has 4 heteroatoms. The summed E-state index contributed by atoms with van der Waals surface area (Å²) in [4.78, 5) is 10.8. The molecule has 0 radical (unpaired) electrons. The monoisotopic (exact) mass is 268 g/mol. The van der Waals surface area contributed by atoms with Crippen LogP contribution in [-0.4, -0.2) is 33.0 Å². The first-order valence-electron chi connectivity index (χ1n) is 6.71. The van der Waals surface area contributed by atoms with Crippen molar-refractivity contribution in [2.45, 2.75) is 58.2 Å². The molecule has 108 valence electrons. The standard InChI is InChI=1S/C15H24O4/c1-10(4-9-13(16)15(2,3)19)11-5-7-12(8-6-11)14(17)18/h4,7,11,13,16,19H,5-6,8-9H2,1-3H3,(H,17,18)/t11-,13+/m1/s1. The van der Waals surface area contributed by atoms with Crippen LogP contribution in [0, 0.1) is 5.92 Å². The van der Waals surface area contributed by atoms with E-state index in [9.17, 15) is 15.0 Å². The number of allylic oxidation sites excluding steroid dienone is 2. The van der Waals surface area contributed by atoms with E-state index in [0.717, 1.165) is 18.4 Å². The highest BCUT2D eigenvalue weighted by Gasteiger charge is 2.24. The number of carboxylic acid groups (broad SMARTS) is 1. The van der Waals surface area contributed by atoms with Crippen molar-refractivity contribution >= 4 is 5.97 Å². The highest BCUT2D eigenvalue weighted by Crippen LogP contribution is 2.29. The Labute approximate surface area is 114 Å². The van der Waals surface area contributed by atoms with E-state index in [1.54, 1.807) is 19.9 Å². The number of aliphatic hydroxyl groups is 2. The number of carbonyl (C=O) groups is 1. The summed E-state index contributed by atoms with van der Waals surface area (Å²) >= 11 is 0. The molecule has 0 aliphatic heterocycles. The topological polar surface area (TPSA) is 77.8 Å². The zero-order chi connectivity index (χ0) is 14.6. The number of aliphatic hydroxyl groups excluding tert-OH is 1. The molecule has 3 N–H and O–H groups in total. The molecule has 19 heavy (non-hydrogen) atoms. The minimum Gasteiger partial charge on any atom is -0.478 e. The van der Waals surface area contributed by atoms with E-state index in [-0.39, 0.29) is 0 Å². The number of carboxylic acids is 1. The summed E-state index contributed by atoms with van der Waals surface area (Å²) in [5.41, 5.74) is 0.560. The zero-order valence-electron chi connectivity index (χ0n) is 11.9. The molecule has 0 aromatic carbocycles. The molecule has 0 saturated heterocycles. The van der Waals surface area contributed by atoms with E-state index in [4.69, 9.17) is 5.11 Å². The van der Waals surface area contributed by atoms with Gasteiger partial charge in [-0.05, 0) is 52.4 Å². The molecule has 0 unspecified atom stereocenters. The molecule has 0 aromatic heterocycles. The second-order valence-corrected chi connectivity index (χ2v) is 5.86. The molecule has 1 rings (SSSR count). The van der Waals surface area contributed by atoms with Crippen LogP contribution in [-0.2, 0) is 4.79 Å². The van der Waals surface area contributed by atoms with Gasteiger partial charge in [0.25, 0.3) is 0 Å². The average Bonchev–Trinajstić information content (AvgIpc) is 2.34. The number of hydrogen-bond acceptors (Lipinski definition) is 3. The van der Waals surface area contributed by atoms with E-state index in [2.05, 4.69) is 0 Å². The van der Waals surface area contributed by atoms with Gasteiger partial charge in [-0.25, -0.2) is 4.79 Å². The Morgan fingerprint density at radius 1 is 1.58 bits per heavy atom. The molecule has 1 aliphatic carbocycles. The lowest BCUT2D eigenvalue weighted by Gasteiger charge is -2.25. The fraction of sp³-hybridized carbons (Fsp3) is 0.667. The minimum absolute atomic E-state index is 0.345. The second kappa shape index (κ2) is 6.35. The van der Waals surface area contributed by atoms with Crippen molar-refractivity contribution in [3.63, 3.8) is 0 Å². The Hall–Kier alpha value is -1.13. The van der Waals surface area contributed by atoms with Crippen LogP contribution in [0.15, 0.2) is 23.3 Å². The maximum Gasteiger partial charge on any atom is 0.331 e. The third kappa shape index (κ3) is 4.80. The zero-order valence-corrected chi connectivity index (χ0v) is 11.9. The fourth-order valence-corrected chi connectivity index (χ4v) is 2.19. The van der Waals surface area contributed by atoms with Gasteiger partial charge in [-0.3, -0.25) is 0 Å². The van der Waals surface area contributed by atoms with Crippen molar-refractivity contribution in [1.82, 2.24) is 0 Å². The summed E-state index contributed by atoms with van der Waals surface area (Å²) in [6.45, 7) is 5.17. The Bertz CT molecular complexity index is 387. The number of rotatable bonds is 5. The first kappa shape index (κ1) is 15.9. The second-order valence-electron chi connectivity index (χ2n) is 5.86. The van der Waals surface area contributed by atoms with Gasteiger partial charge >= 0.3 is 5.97 Å². The quantitative estimate of drug-likeness (QED) is 0.668. The maximum atomic E-state index is 10.8. The largest absolute Gasteiger partial charge is 0.478 e. The SMILES string of the molecule is CC(=CC[C@H](O)C(C)(C)O)[C@@H]1CC=C(C(=O)O)CC1. The van der Waals surface area contributed by atoms with Crippen LogP contribution in [0.1, 0.15) is 46.5 Å². The Morgan fingerprint density at radius 3 is 2.63 bits per heavy atom. The summed E-state index contributed by atoms with van der Waals surface area (Å²) in [7, 11) is 0. The van der Waals surface area contributed by atoms with Crippen LogP contribution in [0.4, 0.5) is 0 Å². The Balaban J connectivity index is 2.56. The number of aliphatic carboxylic acids is 1. The first-order chi connectivity index (χ1) is 8.71. The van der Waals surface area contributed by atoms with Gasteiger partial charge in [0.15, 0.2) is 0 Å². The summed E-state index contributed by atoms with van der Waals surface area (Å²) < 4.78 is 0. The Kier molecular flexibility index (Phi) is 5.32. The molecule has 0 saturated carbocycles. The van der Waals surface area contributed by atoms with Crippen LogP contribution < -0.4 is 0 Å². The van der Waals surface area contributed by atoms with Crippen LogP contribution in [0.3, 0.4) is 0 Å². The van der Waals surface area contributed by atoms with Crippen LogP contribution in [0.5, 0.6) is 0 Å². The van der Waals surface area contributed by atoms with Crippen molar-refractivity contribution in [2.75, 3.05) is 0 Å². The molecule has 4 nitrogen and oxygen atoms in total. The molecular weight excluding hydrogens is 244 g/mol. The summed E-state index contributed by atoms with van der Waals surface area (Å²) in [6, 6.07) is 0. The Morgan fingerprint density at radius 2 is 2.21 bits per heavy atom. The van der Waals surface area contributed by atoms with Crippen molar-refractivity contribution in [1.29, 1.82) is 0 Å². The highest BCUT2D eigenvalue weighted by atomic mass is 16.4. The van der Waals surface area contributed by atoms with Gasteiger partial charge in [0.1, 0.15) is 0 Å². The van der Waals surface area contributed by atoms with Gasteiger partial charge in [0, 0.05) is 5.57 Å². The predicted octanol–water partition coefficient (Wildman–Crippen LogP) is 2.27. The smallest absolute Gasteiger partial charge is 0.331 e. The van der Waals surface area contributed by atoms with Crippen LogP contribution in [0.25, 0.3) is 0 Å². The molecule has 0 fully saturated rings. The molecular formula is C15H24O4. The molecule has 0 amide bonds. The van der Waals surface area contributed by atoms with Crippen molar-refractivity contribution < 1.29 is 20.1 Å². The predicted molar refractivity (Wildman–Crippen MR) is 73.7 cm³/mol. The van der Waals surface area contributed by atoms with Crippen molar-refractivity contribution in [3.8, 4) is 0 Å². The molecule has 2 atom stereocenters.